The molecule has 7 heavy (non-hydrogen) atoms. The van der Waals surface area contributed by atoms with E-state index in [0.717, 1.165) is 0 Å². The molecule has 0 saturated heterocycles. The van der Waals surface area contributed by atoms with E-state index < -0.39 is 0 Å². The van der Waals surface area contributed by atoms with Gasteiger partial charge in [-0.1, -0.05) is 0 Å². The van der Waals surface area contributed by atoms with E-state index in [-0.39, 0.29) is 16.4 Å². The zero-order chi connectivity index (χ0) is 4.00. The fourth-order valence-electron chi connectivity index (χ4n) is 0. The minimum absolute atomic E-state index is 0. The second-order valence-corrected chi connectivity index (χ2v) is 0. The summed E-state index contributed by atoms with van der Waals surface area (Å²) in [5, 5.41) is 0. The van der Waals surface area contributed by atoms with E-state index in [0.29, 0.717) is 41.9 Å². The van der Waals surface area contributed by atoms with Crippen LogP contribution in [-0.2, 0) is 58.4 Å². The second-order valence-electron chi connectivity index (χ2n) is 0. The Kier molecular flexibility index (Phi) is 1190. The summed E-state index contributed by atoms with van der Waals surface area (Å²) >= 11 is 1.00. The molecule has 0 aromatic rings. The molecule has 40 valence electrons. The van der Waals surface area contributed by atoms with E-state index in [4.69, 9.17) is 0 Å². The van der Waals surface area contributed by atoms with Gasteiger partial charge in [0.1, 0.15) is 0 Å². The fraction of sp³-hybridized carbons (Fsp3) is 0. The smallest absolute Gasteiger partial charge is 2.00 e. The van der Waals surface area contributed by atoms with Crippen molar-refractivity contribution in [3.63, 3.8) is 0 Å². The quantitative estimate of drug-likeness (QED) is 0.487. The van der Waals surface area contributed by atoms with Crippen molar-refractivity contribution in [1.29, 1.82) is 0 Å². The van der Waals surface area contributed by atoms with E-state index in [9.17, 15) is 6.18 Å². The Balaban J connectivity index is -0.00000000267. The molecule has 0 aliphatic heterocycles. The number of rotatable bonds is 0. The topological polar surface area (TPSA) is 85.5 Å². The van der Waals surface area contributed by atoms with Gasteiger partial charge < -0.3 is 16.4 Å². The molecule has 0 spiro atoms. The molecule has 0 amide bonds. The first-order valence-corrected chi connectivity index (χ1v) is 1.56. The van der Waals surface area contributed by atoms with E-state index in [1.54, 1.807) is 0 Å². The molecule has 0 atom stereocenters. The molecule has 0 bridgehead atoms. The third-order valence-corrected chi connectivity index (χ3v) is 0. The average molecular weight is 182 g/mol. The average Bonchev–Trinajstić information content (AvgIpc) is 1.50. The molecule has 0 aromatic heterocycles. The van der Waals surface area contributed by atoms with Crippen LogP contribution in [0.5, 0.6) is 0 Å². The largest absolute Gasteiger partial charge is 2.00 e. The van der Waals surface area contributed by atoms with E-state index in [1.807, 2.05) is 0 Å². The molecule has 0 N–H and O–H groups in total. The first kappa shape index (κ1) is 41.8. The Hall–Kier alpha value is 1.17. The van der Waals surface area contributed by atoms with Crippen molar-refractivity contribution in [3.05, 3.63) is 0 Å². The Morgan fingerprint density at radius 3 is 0.571 bits per heavy atom. The summed E-state index contributed by atoms with van der Waals surface area (Å²) in [6.45, 7) is 0. The Morgan fingerprint density at radius 2 is 0.571 bits per heavy atom. The summed E-state index contributed by atoms with van der Waals surface area (Å²) in [5.74, 6) is 0. The predicted molar refractivity (Wildman–Crippen MR) is 4.28 cm³/mol. The Morgan fingerprint density at radius 1 is 0.571 bits per heavy atom. The zero-order valence-electron chi connectivity index (χ0n) is 2.98. The van der Waals surface area contributed by atoms with Crippen LogP contribution >= 0.6 is 0 Å². The van der Waals surface area contributed by atoms with Crippen molar-refractivity contribution >= 4 is 0 Å². The van der Waals surface area contributed by atoms with Gasteiger partial charge in [0.15, 0.2) is 0 Å². The number of halogens is 2. The fourth-order valence-corrected chi connectivity index (χ4v) is 0. The van der Waals surface area contributed by atoms with Crippen LogP contribution in [-0.4, -0.2) is 0 Å². The van der Waals surface area contributed by atoms with Crippen molar-refractivity contribution in [3.8, 4) is 0 Å². The van der Waals surface area contributed by atoms with Gasteiger partial charge in [-0.3, -0.25) is 0 Å². The van der Waals surface area contributed by atoms with Crippen molar-refractivity contribution in [2.75, 3.05) is 0 Å². The van der Waals surface area contributed by atoms with Gasteiger partial charge in [-0.05, 0) is 0 Å². The second kappa shape index (κ2) is 200. The van der Waals surface area contributed by atoms with Crippen LogP contribution in [0, 0.1) is 0 Å². The van der Waals surface area contributed by atoms with Gasteiger partial charge in [0.05, 0.1) is 0 Å². The minimum Gasteiger partial charge on any atom is -2.00 e. The van der Waals surface area contributed by atoms with Crippen LogP contribution in [0.25, 0.3) is 0 Å². The monoisotopic (exact) mass is 182 g/mol. The molecule has 0 fully saturated rings. The van der Waals surface area contributed by atoms with Crippen molar-refractivity contribution in [2.45, 2.75) is 0 Å². The van der Waals surface area contributed by atoms with Gasteiger partial charge in [-0.2, -0.15) is 0 Å². The van der Waals surface area contributed by atoms with Crippen molar-refractivity contribution in [1.82, 2.24) is 0 Å². The normalized spacial score (nSPS) is 2.00. The number of hydrogen-bond acceptors (Lipinski definition) is 0. The molecular formula is F2O3Ti2. The minimum atomic E-state index is 0. The third-order valence-electron chi connectivity index (χ3n) is 0. The van der Waals surface area contributed by atoms with Crippen LogP contribution in [0.3, 0.4) is 0 Å². The van der Waals surface area contributed by atoms with Gasteiger partial charge in [-0.15, -0.1) is 0 Å². The predicted octanol–water partition coefficient (Wildman–Crippen LogP) is 0.479. The maximum absolute atomic E-state index is 9.50. The van der Waals surface area contributed by atoms with Gasteiger partial charge in [0, 0.05) is 0 Å². The Bertz CT molecular complexity index is 10.9. The van der Waals surface area contributed by atoms with Crippen LogP contribution in [0.4, 0.5) is 6.18 Å². The van der Waals surface area contributed by atoms with Gasteiger partial charge in [0.25, 0.3) is 0 Å². The van der Waals surface area contributed by atoms with Crippen molar-refractivity contribution in [2.24, 2.45) is 0 Å². The third kappa shape index (κ3) is 140. The molecule has 0 radical (unpaired) electrons. The summed E-state index contributed by atoms with van der Waals surface area (Å²) < 4.78 is 19.0. The molecule has 0 saturated carbocycles. The molecule has 0 heterocycles. The van der Waals surface area contributed by atoms with E-state index in [2.05, 4.69) is 0 Å². The molecule has 0 unspecified atom stereocenters. The van der Waals surface area contributed by atoms with Crippen LogP contribution < -0.4 is 0 Å². The molecule has 7 heteroatoms. The van der Waals surface area contributed by atoms with Gasteiger partial charge in [0.2, 0.25) is 0 Å². The molecule has 3 nitrogen and oxygen atoms in total. The maximum Gasteiger partial charge on any atom is -2.00 e. The molecule has 0 rings (SSSR count). The molecule has 0 aliphatic rings. The summed E-state index contributed by atoms with van der Waals surface area (Å²) in [6.07, 6.45) is 0. The first-order chi connectivity index (χ1) is 2.00. The van der Waals surface area contributed by atoms with E-state index >= 15 is 0 Å². The summed E-state index contributed by atoms with van der Waals surface area (Å²) in [4.78, 5) is 0. The first-order valence-electron chi connectivity index (χ1n) is 0.378. The van der Waals surface area contributed by atoms with Gasteiger partial charge in [-0.25, -0.2) is 0 Å². The summed E-state index contributed by atoms with van der Waals surface area (Å²) in [7, 11) is 0. The molecular weight excluding hydrogens is 182 g/mol. The summed E-state index contributed by atoms with van der Waals surface area (Å²) in [5.41, 5.74) is 0. The summed E-state index contributed by atoms with van der Waals surface area (Å²) in [6, 6.07) is 0. The molecule has 0 aliphatic carbocycles. The Labute approximate surface area is 64.6 Å². The molecule has 0 aromatic carbocycles. The van der Waals surface area contributed by atoms with Crippen LogP contribution in [0.2, 0.25) is 0 Å². The maximum atomic E-state index is 9.50. The number of hydrogen-bond donors (Lipinski definition) is 0. The zero-order valence-corrected chi connectivity index (χ0v) is 6.10. The standard InChI is InChI=1S/2FH.3O.2Ti/h2*1H;;;;;/q;;3*-2;2*+4/p-2. The van der Waals surface area contributed by atoms with Crippen LogP contribution in [0.1, 0.15) is 0 Å². The van der Waals surface area contributed by atoms with Crippen molar-refractivity contribution < 1.29 is 64.6 Å². The van der Waals surface area contributed by atoms with E-state index in [1.165, 1.54) is 0 Å². The van der Waals surface area contributed by atoms with Gasteiger partial charge >= 0.3 is 48.1 Å². The SMILES string of the molecule is [F][Ti+3].[F][Ti+3].[O-2].[O-2].[O-2]. The van der Waals surface area contributed by atoms with Crippen LogP contribution in [0.15, 0.2) is 0 Å².